The smallest absolute Gasteiger partial charge is 0.227 e. The van der Waals surface area contributed by atoms with Crippen LogP contribution in [0, 0.1) is 52.3 Å². The highest BCUT2D eigenvalue weighted by molar-refractivity contribution is 14.1. The van der Waals surface area contributed by atoms with Crippen molar-refractivity contribution < 1.29 is 45.0 Å². The van der Waals surface area contributed by atoms with Crippen molar-refractivity contribution in [2.24, 2.45) is 0 Å². The molecule has 2 aliphatic rings. The maximum atomic E-state index is 13.5. The van der Waals surface area contributed by atoms with E-state index in [0.29, 0.717) is 25.1 Å². The number of amides is 2. The molecule has 2 aliphatic heterocycles. The average Bonchev–Trinajstić information content (AvgIpc) is 1.52. The van der Waals surface area contributed by atoms with E-state index in [1.165, 1.54) is 47.2 Å². The minimum atomic E-state index is -1.54. The molecular formula is C74H63F6IN4O4P2. The number of aromatic nitrogens is 2. The second-order valence-corrected chi connectivity index (χ2v) is 27.8. The Morgan fingerprint density at radius 3 is 1.27 bits per heavy atom. The fraction of sp³-hybridized carbons (Fsp3) is 0.162. The van der Waals surface area contributed by atoms with Crippen molar-refractivity contribution >= 4 is 82.1 Å². The highest BCUT2D eigenvalue weighted by atomic mass is 127. The van der Waals surface area contributed by atoms with E-state index < -0.39 is 50.7 Å². The number of hydrogen-bond donors (Lipinski definition) is 0. The molecule has 0 saturated carbocycles. The molecule has 0 saturated heterocycles. The summed E-state index contributed by atoms with van der Waals surface area (Å²) in [7, 11) is -1.33. The molecule has 13 rings (SSSR count). The first-order chi connectivity index (χ1) is 44.0. The highest BCUT2D eigenvalue weighted by Gasteiger charge is 2.33. The second-order valence-electron chi connectivity index (χ2n) is 22.1. The van der Waals surface area contributed by atoms with Crippen molar-refractivity contribution in [1.82, 2.24) is 20.1 Å². The Balaban J connectivity index is 0.000000143. The minimum absolute atomic E-state index is 0.0912. The molecule has 4 heterocycles. The molecule has 11 aromatic rings. The average molecular weight is 1380 g/mol. The van der Waals surface area contributed by atoms with E-state index in [4.69, 9.17) is 9.05 Å². The van der Waals surface area contributed by atoms with Gasteiger partial charge >= 0.3 is 0 Å². The predicted octanol–water partition coefficient (Wildman–Crippen LogP) is 15.0. The molecule has 0 N–H and O–H groups in total. The standard InChI is InChI=1S/C30H24P2.C22H19F3N2O2.C15H13F3N2O2.C7H7I/c1-5-15-25(16-6-1)31(26-17-7-2-8-18-26)29-23-13-14-24-30(29)32(27-19-9-3-10-20-27)28-21-11-4-12-22-28;1-12-3-5-15(6-4-12)22-16-11-27(13(2)7-19(16)26-29-22)20(28)10-14-8-17(23)21(25)18(24)9-14;1-8-2-13-10(7-22-19-13)6-20(8)14(21)5-9-3-11(16)15(18)12(17)4-9;1-6-2-4-7(8)5-3-6/h1-24H;3-6,8-9,13H,7,10-11H2,1-2H3;3-4,7-8H,2,5-6H2,1H3;2-5H,1H3/t;13-;8-;/m.00./s1. The number of benzene rings is 9. The quantitative estimate of drug-likeness (QED) is 0.0554. The van der Waals surface area contributed by atoms with E-state index in [1.807, 2.05) is 45.0 Å². The molecule has 2 amide bonds. The molecule has 0 radical (unpaired) electrons. The fourth-order valence-electron chi connectivity index (χ4n) is 10.8. The maximum Gasteiger partial charge on any atom is 0.227 e. The van der Waals surface area contributed by atoms with E-state index in [0.717, 1.165) is 57.9 Å². The third kappa shape index (κ3) is 16.4. The van der Waals surface area contributed by atoms with Gasteiger partial charge in [-0.2, -0.15) is 0 Å². The summed E-state index contributed by atoms with van der Waals surface area (Å²) in [4.78, 5) is 28.4. The lowest BCUT2D eigenvalue weighted by Crippen LogP contribution is -2.43. The summed E-state index contributed by atoms with van der Waals surface area (Å²) in [5.74, 6) is -8.24. The van der Waals surface area contributed by atoms with Crippen LogP contribution in [0.4, 0.5) is 26.3 Å². The maximum absolute atomic E-state index is 13.5. The summed E-state index contributed by atoms with van der Waals surface area (Å²) in [6.07, 6.45) is 2.14. The molecule has 9 aromatic carbocycles. The third-order valence-corrected chi connectivity index (χ3v) is 21.4. The van der Waals surface area contributed by atoms with Gasteiger partial charge in [-0.1, -0.05) is 203 Å². The van der Waals surface area contributed by atoms with Crippen LogP contribution in [0.5, 0.6) is 0 Å². The minimum Gasteiger partial charge on any atom is -0.364 e. The van der Waals surface area contributed by atoms with Gasteiger partial charge in [-0.25, -0.2) is 26.3 Å². The summed E-state index contributed by atoms with van der Waals surface area (Å²) in [5.41, 5.74) is 6.77. The number of rotatable bonds is 11. The zero-order valence-electron chi connectivity index (χ0n) is 50.2. The van der Waals surface area contributed by atoms with Gasteiger partial charge < -0.3 is 18.8 Å². The van der Waals surface area contributed by atoms with Crippen LogP contribution >= 0.6 is 38.4 Å². The lowest BCUT2D eigenvalue weighted by molar-refractivity contribution is -0.134. The molecule has 8 nitrogen and oxygen atoms in total. The Bertz CT molecular complexity index is 3990. The van der Waals surface area contributed by atoms with Crippen LogP contribution in [0.15, 0.2) is 234 Å². The molecule has 0 bridgehead atoms. The second kappa shape index (κ2) is 30.5. The van der Waals surface area contributed by atoms with E-state index in [9.17, 15) is 35.9 Å². The number of carbonyl (C=O) groups excluding carboxylic acids is 2. The van der Waals surface area contributed by atoms with Gasteiger partial charge in [0.25, 0.3) is 0 Å². The van der Waals surface area contributed by atoms with Crippen LogP contribution in [0.1, 0.15) is 58.6 Å². The topological polar surface area (TPSA) is 92.7 Å². The van der Waals surface area contributed by atoms with E-state index >= 15 is 0 Å². The lowest BCUT2D eigenvalue weighted by atomic mass is 9.96. The largest absolute Gasteiger partial charge is 0.364 e. The zero-order valence-corrected chi connectivity index (χ0v) is 54.2. The predicted molar refractivity (Wildman–Crippen MR) is 358 cm³/mol. The molecule has 17 heteroatoms. The van der Waals surface area contributed by atoms with Crippen LogP contribution < -0.4 is 31.8 Å². The monoisotopic (exact) mass is 1370 g/mol. The number of hydrogen-bond acceptors (Lipinski definition) is 6. The third-order valence-electron chi connectivity index (χ3n) is 15.5. The molecule has 0 spiro atoms. The van der Waals surface area contributed by atoms with Crippen molar-refractivity contribution in [3.8, 4) is 11.3 Å². The first kappa shape index (κ1) is 65.5. The normalized spacial score (nSPS) is 14.0. The number of carbonyl (C=O) groups is 2. The number of halogens is 7. The summed E-state index contributed by atoms with van der Waals surface area (Å²) >= 11 is 2.30. The van der Waals surface area contributed by atoms with Crippen LogP contribution in [0.2, 0.25) is 0 Å². The SMILES string of the molecule is C[C@H]1Cc2nocc2CN1C(=O)Cc1cc(F)c(F)c(F)c1.Cc1ccc(-c2onc3c2CN(C(=O)Cc2cc(F)c(F)c(F)c2)[C@@H](C)C3)cc1.Cc1ccc(I)cc1.c1ccc(P(c2ccccc2)c2ccccc2P(c2ccccc2)c2ccccc2)cc1. The van der Waals surface area contributed by atoms with Gasteiger partial charge in [-0.15, -0.1) is 0 Å². The van der Waals surface area contributed by atoms with Crippen molar-refractivity contribution in [2.45, 2.75) is 78.6 Å². The molecular weight excluding hydrogens is 1310 g/mol. The van der Waals surface area contributed by atoms with Crippen molar-refractivity contribution in [2.75, 3.05) is 0 Å². The van der Waals surface area contributed by atoms with E-state index in [1.54, 1.807) is 9.80 Å². The number of aryl methyl sites for hydroxylation is 2. The van der Waals surface area contributed by atoms with E-state index in [2.05, 4.69) is 210 Å². The van der Waals surface area contributed by atoms with Crippen molar-refractivity contribution in [3.05, 3.63) is 308 Å². The van der Waals surface area contributed by atoms with Crippen LogP contribution in [0.3, 0.4) is 0 Å². The molecule has 0 aliphatic carbocycles. The molecule has 2 aromatic heterocycles. The van der Waals surface area contributed by atoms with Gasteiger partial charge in [0.1, 0.15) is 6.26 Å². The summed E-state index contributed by atoms with van der Waals surface area (Å²) in [5, 5.41) is 16.5. The Kier molecular flexibility index (Phi) is 22.0. The van der Waals surface area contributed by atoms with Crippen molar-refractivity contribution in [3.63, 3.8) is 0 Å². The Hall–Kier alpha value is -8.49. The van der Waals surface area contributed by atoms with Crippen LogP contribution in [-0.2, 0) is 48.4 Å². The first-order valence-electron chi connectivity index (χ1n) is 29.4. The van der Waals surface area contributed by atoms with Gasteiger partial charge in [0, 0.05) is 45.2 Å². The molecule has 91 heavy (non-hydrogen) atoms. The molecule has 2 atom stereocenters. The van der Waals surface area contributed by atoms with Gasteiger partial charge in [0.15, 0.2) is 40.7 Å². The molecule has 462 valence electrons. The van der Waals surface area contributed by atoms with Gasteiger partial charge in [0.2, 0.25) is 11.8 Å². The lowest BCUT2D eigenvalue weighted by Gasteiger charge is -2.33. The van der Waals surface area contributed by atoms with Gasteiger partial charge in [-0.3, -0.25) is 9.59 Å². The zero-order chi connectivity index (χ0) is 64.1. The van der Waals surface area contributed by atoms with Crippen LogP contribution in [0.25, 0.3) is 11.3 Å². The van der Waals surface area contributed by atoms with Gasteiger partial charge in [0.05, 0.1) is 37.3 Å². The summed E-state index contributed by atoms with van der Waals surface area (Å²) in [6, 6.07) is 72.4. The van der Waals surface area contributed by atoms with Crippen LogP contribution in [-0.4, -0.2) is 44.0 Å². The van der Waals surface area contributed by atoms with Gasteiger partial charge in [-0.05, 0) is 145 Å². The fourth-order valence-corrected chi connectivity index (χ4v) is 16.4. The molecule has 0 unspecified atom stereocenters. The first-order valence-corrected chi connectivity index (χ1v) is 33.2. The Morgan fingerprint density at radius 2 is 0.868 bits per heavy atom. The Morgan fingerprint density at radius 1 is 0.495 bits per heavy atom. The number of nitrogens with zero attached hydrogens (tertiary/aromatic N) is 4. The van der Waals surface area contributed by atoms with E-state index in [-0.39, 0.29) is 54.4 Å². The summed E-state index contributed by atoms with van der Waals surface area (Å²) < 4.78 is 91.2. The number of fused-ring (bicyclic) bond motifs is 2. The Labute approximate surface area is 541 Å². The van der Waals surface area contributed by atoms with Crippen molar-refractivity contribution in [1.29, 1.82) is 0 Å². The highest BCUT2D eigenvalue weighted by Crippen LogP contribution is 2.39. The molecule has 0 fully saturated rings. The summed E-state index contributed by atoms with van der Waals surface area (Å²) in [6.45, 7) is 8.45.